The molecule has 0 radical (unpaired) electrons. The molecular weight excluding hydrogens is 276 g/mol. The third-order valence-corrected chi connectivity index (χ3v) is 3.22. The van der Waals surface area contributed by atoms with Gasteiger partial charge in [0.1, 0.15) is 0 Å². The monoisotopic (exact) mass is 296 g/mol. The second-order valence-electron chi connectivity index (χ2n) is 5.16. The molecule has 0 atom stereocenters. The van der Waals surface area contributed by atoms with E-state index >= 15 is 0 Å². The largest absolute Gasteiger partial charge is 0.352 e. The summed E-state index contributed by atoms with van der Waals surface area (Å²) in [5.41, 5.74) is 2.92. The van der Waals surface area contributed by atoms with Crippen molar-refractivity contribution in [2.45, 2.75) is 20.3 Å². The third-order valence-electron chi connectivity index (χ3n) is 3.22. The average Bonchev–Trinajstić information content (AvgIpc) is 2.52. The van der Waals surface area contributed by atoms with Gasteiger partial charge in [0.25, 0.3) is 11.8 Å². The third kappa shape index (κ3) is 4.19. The van der Waals surface area contributed by atoms with Gasteiger partial charge in [0.2, 0.25) is 0 Å². The molecule has 0 aliphatic heterocycles. The fraction of sp³-hybridized carbons (Fsp3) is 0.222. The molecule has 4 heteroatoms. The van der Waals surface area contributed by atoms with Crippen molar-refractivity contribution in [1.82, 2.24) is 5.32 Å². The van der Waals surface area contributed by atoms with Crippen molar-refractivity contribution in [2.24, 2.45) is 0 Å². The Kier molecular flexibility index (Phi) is 5.31. The van der Waals surface area contributed by atoms with Crippen molar-refractivity contribution in [3.63, 3.8) is 0 Å². The highest BCUT2D eigenvalue weighted by atomic mass is 16.2. The molecule has 0 fully saturated rings. The second kappa shape index (κ2) is 7.41. The summed E-state index contributed by atoms with van der Waals surface area (Å²) < 4.78 is 0. The first-order chi connectivity index (χ1) is 10.6. The first-order valence-electron chi connectivity index (χ1n) is 7.36. The lowest BCUT2D eigenvalue weighted by molar-refractivity contribution is 0.0951. The SMILES string of the molecule is CCCNC(=O)c1ccc(C(=O)Nc2cccc(C)c2)cc1. The Labute approximate surface area is 130 Å². The van der Waals surface area contributed by atoms with Crippen molar-refractivity contribution in [3.8, 4) is 0 Å². The van der Waals surface area contributed by atoms with Crippen LogP contribution in [-0.2, 0) is 0 Å². The van der Waals surface area contributed by atoms with Crippen molar-refractivity contribution in [1.29, 1.82) is 0 Å². The first kappa shape index (κ1) is 15.8. The van der Waals surface area contributed by atoms with Gasteiger partial charge in [-0.05, 0) is 55.3 Å². The van der Waals surface area contributed by atoms with E-state index in [9.17, 15) is 9.59 Å². The summed E-state index contributed by atoms with van der Waals surface area (Å²) in [4.78, 5) is 24.0. The summed E-state index contributed by atoms with van der Waals surface area (Å²) in [7, 11) is 0. The normalized spacial score (nSPS) is 10.1. The number of hydrogen-bond donors (Lipinski definition) is 2. The van der Waals surface area contributed by atoms with Gasteiger partial charge >= 0.3 is 0 Å². The highest BCUT2D eigenvalue weighted by Crippen LogP contribution is 2.12. The molecule has 0 spiro atoms. The van der Waals surface area contributed by atoms with Gasteiger partial charge in [0.15, 0.2) is 0 Å². The van der Waals surface area contributed by atoms with Gasteiger partial charge in [0, 0.05) is 23.4 Å². The van der Waals surface area contributed by atoms with Crippen molar-refractivity contribution >= 4 is 17.5 Å². The molecule has 2 amide bonds. The lowest BCUT2D eigenvalue weighted by Gasteiger charge is -2.07. The zero-order valence-electron chi connectivity index (χ0n) is 12.8. The minimum atomic E-state index is -0.189. The molecule has 0 saturated carbocycles. The van der Waals surface area contributed by atoms with Gasteiger partial charge in [-0.15, -0.1) is 0 Å². The van der Waals surface area contributed by atoms with E-state index in [0.29, 0.717) is 17.7 Å². The smallest absolute Gasteiger partial charge is 0.255 e. The van der Waals surface area contributed by atoms with Crippen LogP contribution in [0.2, 0.25) is 0 Å². The van der Waals surface area contributed by atoms with Gasteiger partial charge < -0.3 is 10.6 Å². The maximum absolute atomic E-state index is 12.2. The number of rotatable bonds is 5. The molecule has 2 aromatic carbocycles. The molecule has 0 saturated heterocycles. The Hall–Kier alpha value is -2.62. The zero-order valence-corrected chi connectivity index (χ0v) is 12.8. The Bertz CT molecular complexity index is 663. The number of hydrogen-bond acceptors (Lipinski definition) is 2. The lowest BCUT2D eigenvalue weighted by atomic mass is 10.1. The Morgan fingerprint density at radius 1 is 0.955 bits per heavy atom. The molecule has 2 aromatic rings. The van der Waals surface area contributed by atoms with E-state index in [1.165, 1.54) is 0 Å². The van der Waals surface area contributed by atoms with Gasteiger partial charge in [0.05, 0.1) is 0 Å². The summed E-state index contributed by atoms with van der Waals surface area (Å²) in [5.74, 6) is -0.307. The van der Waals surface area contributed by atoms with Crippen LogP contribution in [0, 0.1) is 6.92 Å². The number of anilines is 1. The van der Waals surface area contributed by atoms with Crippen molar-refractivity contribution < 1.29 is 9.59 Å². The number of benzene rings is 2. The van der Waals surface area contributed by atoms with Gasteiger partial charge in [-0.2, -0.15) is 0 Å². The second-order valence-corrected chi connectivity index (χ2v) is 5.16. The quantitative estimate of drug-likeness (QED) is 0.888. The first-order valence-corrected chi connectivity index (χ1v) is 7.36. The van der Waals surface area contributed by atoms with E-state index in [4.69, 9.17) is 0 Å². The maximum Gasteiger partial charge on any atom is 0.255 e. The molecule has 22 heavy (non-hydrogen) atoms. The van der Waals surface area contributed by atoms with E-state index < -0.39 is 0 Å². The Balaban J connectivity index is 2.03. The topological polar surface area (TPSA) is 58.2 Å². The average molecular weight is 296 g/mol. The predicted molar refractivity (Wildman–Crippen MR) is 88.2 cm³/mol. The van der Waals surface area contributed by atoms with E-state index in [1.807, 2.05) is 38.1 Å². The van der Waals surface area contributed by atoms with E-state index in [0.717, 1.165) is 17.7 Å². The van der Waals surface area contributed by atoms with Crippen LogP contribution in [0.1, 0.15) is 39.6 Å². The summed E-state index contributed by atoms with van der Waals surface area (Å²) in [6.45, 7) is 4.62. The molecule has 0 bridgehead atoms. The standard InChI is InChI=1S/C18H20N2O2/c1-3-11-19-17(21)14-7-9-15(10-8-14)18(22)20-16-6-4-5-13(2)12-16/h4-10,12H,3,11H2,1-2H3,(H,19,21)(H,20,22). The molecule has 114 valence electrons. The Morgan fingerprint density at radius 2 is 1.59 bits per heavy atom. The fourth-order valence-electron chi connectivity index (χ4n) is 2.04. The minimum Gasteiger partial charge on any atom is -0.352 e. The van der Waals surface area contributed by atoms with Crippen LogP contribution >= 0.6 is 0 Å². The molecule has 4 nitrogen and oxygen atoms in total. The summed E-state index contributed by atoms with van der Waals surface area (Å²) >= 11 is 0. The molecule has 0 aliphatic rings. The van der Waals surface area contributed by atoms with E-state index in [1.54, 1.807) is 24.3 Å². The van der Waals surface area contributed by atoms with Crippen molar-refractivity contribution in [3.05, 3.63) is 65.2 Å². The maximum atomic E-state index is 12.2. The van der Waals surface area contributed by atoms with Crippen LogP contribution < -0.4 is 10.6 Å². The molecule has 0 unspecified atom stereocenters. The number of carbonyl (C=O) groups is 2. The van der Waals surface area contributed by atoms with Crippen LogP contribution in [0.3, 0.4) is 0 Å². The van der Waals surface area contributed by atoms with Crippen LogP contribution in [0.15, 0.2) is 48.5 Å². The van der Waals surface area contributed by atoms with Gasteiger partial charge in [-0.3, -0.25) is 9.59 Å². The molecule has 0 aliphatic carbocycles. The zero-order chi connectivity index (χ0) is 15.9. The molecule has 2 N–H and O–H groups in total. The molecule has 2 rings (SSSR count). The molecular formula is C18H20N2O2. The van der Waals surface area contributed by atoms with Gasteiger partial charge in [-0.1, -0.05) is 19.1 Å². The van der Waals surface area contributed by atoms with Gasteiger partial charge in [-0.25, -0.2) is 0 Å². The summed E-state index contributed by atoms with van der Waals surface area (Å²) in [6.07, 6.45) is 0.892. The highest BCUT2D eigenvalue weighted by Gasteiger charge is 2.09. The summed E-state index contributed by atoms with van der Waals surface area (Å²) in [6, 6.07) is 14.3. The minimum absolute atomic E-state index is 0.118. The van der Waals surface area contributed by atoms with Crippen molar-refractivity contribution in [2.75, 3.05) is 11.9 Å². The number of aryl methyl sites for hydroxylation is 1. The number of amides is 2. The molecule has 0 aromatic heterocycles. The summed E-state index contributed by atoms with van der Waals surface area (Å²) in [5, 5.41) is 5.65. The Morgan fingerprint density at radius 3 is 2.18 bits per heavy atom. The van der Waals surface area contributed by atoms with Crippen LogP contribution in [0.5, 0.6) is 0 Å². The fourth-order valence-corrected chi connectivity index (χ4v) is 2.04. The van der Waals surface area contributed by atoms with Crippen LogP contribution in [0.4, 0.5) is 5.69 Å². The number of carbonyl (C=O) groups excluding carboxylic acids is 2. The van der Waals surface area contributed by atoms with Crippen LogP contribution in [0.25, 0.3) is 0 Å². The molecule has 0 heterocycles. The highest BCUT2D eigenvalue weighted by molar-refractivity contribution is 6.05. The predicted octanol–water partition coefficient (Wildman–Crippen LogP) is 3.39. The van der Waals surface area contributed by atoms with E-state index in [-0.39, 0.29) is 11.8 Å². The number of nitrogens with one attached hydrogen (secondary N) is 2. The lowest BCUT2D eigenvalue weighted by Crippen LogP contribution is -2.24. The van der Waals surface area contributed by atoms with Crippen LogP contribution in [-0.4, -0.2) is 18.4 Å². The van der Waals surface area contributed by atoms with E-state index in [2.05, 4.69) is 10.6 Å².